The molecule has 0 amide bonds. The average molecular weight is 356 g/mol. The van der Waals surface area contributed by atoms with E-state index in [0.29, 0.717) is 10.8 Å². The largest absolute Gasteiger partial charge is 0.437 e. The van der Waals surface area contributed by atoms with Gasteiger partial charge in [0.25, 0.3) is 10.0 Å². The number of sulfonamides is 1. The normalized spacial score (nSPS) is 12.5. The number of halogens is 3. The highest BCUT2D eigenvalue weighted by molar-refractivity contribution is 7.93. The molecule has 0 spiro atoms. The SMILES string of the molecule is Cc1c(C(F)(F)F)noc1NS(=O)(=O)c1cccc2ccccc12. The summed E-state index contributed by atoms with van der Waals surface area (Å²) in [5.74, 6) is -0.560. The average Bonchev–Trinajstić information content (AvgIpc) is 2.87. The first-order chi connectivity index (χ1) is 11.2. The second kappa shape index (κ2) is 5.52. The molecule has 0 bridgehead atoms. The third-order valence-electron chi connectivity index (χ3n) is 3.46. The molecule has 0 radical (unpaired) electrons. The van der Waals surface area contributed by atoms with Crippen LogP contribution in [0.3, 0.4) is 0 Å². The highest BCUT2D eigenvalue weighted by Crippen LogP contribution is 2.35. The Hall–Kier alpha value is -2.55. The molecule has 9 heteroatoms. The van der Waals surface area contributed by atoms with E-state index in [1.54, 1.807) is 36.4 Å². The summed E-state index contributed by atoms with van der Waals surface area (Å²) in [5.41, 5.74) is -1.69. The Labute approximate surface area is 135 Å². The van der Waals surface area contributed by atoms with Crippen LogP contribution in [-0.2, 0) is 16.2 Å². The number of benzene rings is 2. The third-order valence-corrected chi connectivity index (χ3v) is 4.85. The van der Waals surface area contributed by atoms with E-state index in [-0.39, 0.29) is 4.90 Å². The minimum absolute atomic E-state index is 0.0649. The molecule has 0 saturated carbocycles. The number of rotatable bonds is 3. The van der Waals surface area contributed by atoms with Crippen molar-refractivity contribution in [1.29, 1.82) is 0 Å². The quantitative estimate of drug-likeness (QED) is 0.771. The van der Waals surface area contributed by atoms with Crippen LogP contribution >= 0.6 is 0 Å². The fourth-order valence-corrected chi connectivity index (χ4v) is 3.58. The molecule has 0 aliphatic heterocycles. The van der Waals surface area contributed by atoms with Crippen molar-refractivity contribution < 1.29 is 26.1 Å². The van der Waals surface area contributed by atoms with Crippen molar-refractivity contribution in [2.75, 3.05) is 4.72 Å². The highest BCUT2D eigenvalue weighted by Gasteiger charge is 2.38. The van der Waals surface area contributed by atoms with Crippen LogP contribution in [0, 0.1) is 6.92 Å². The minimum Gasteiger partial charge on any atom is -0.337 e. The standard InChI is InChI=1S/C15H11F3N2O3S/c1-9-13(15(16,17)18)19-23-14(9)20-24(21,22)12-8-4-6-10-5-2-3-7-11(10)12/h2-8,20H,1H3. The van der Waals surface area contributed by atoms with E-state index in [1.165, 1.54) is 6.07 Å². The van der Waals surface area contributed by atoms with Gasteiger partial charge in [-0.15, -0.1) is 0 Å². The number of aromatic nitrogens is 1. The first-order valence-electron chi connectivity index (χ1n) is 6.74. The lowest BCUT2D eigenvalue weighted by Crippen LogP contribution is -2.14. The molecule has 3 rings (SSSR count). The molecule has 0 aliphatic rings. The number of alkyl halides is 3. The van der Waals surface area contributed by atoms with Gasteiger partial charge in [0.2, 0.25) is 5.88 Å². The zero-order valence-corrected chi connectivity index (χ0v) is 13.1. The van der Waals surface area contributed by atoms with E-state index in [2.05, 4.69) is 9.68 Å². The molecular formula is C15H11F3N2O3S. The van der Waals surface area contributed by atoms with Gasteiger partial charge < -0.3 is 4.52 Å². The summed E-state index contributed by atoms with van der Waals surface area (Å²) < 4.78 is 69.8. The summed E-state index contributed by atoms with van der Waals surface area (Å²) in [6, 6.07) is 11.4. The van der Waals surface area contributed by atoms with E-state index in [0.717, 1.165) is 6.92 Å². The van der Waals surface area contributed by atoms with Crippen molar-refractivity contribution >= 4 is 26.7 Å². The Morgan fingerprint density at radius 3 is 2.42 bits per heavy atom. The van der Waals surface area contributed by atoms with E-state index < -0.39 is 33.3 Å². The van der Waals surface area contributed by atoms with Gasteiger partial charge in [0.15, 0.2) is 5.69 Å². The Morgan fingerprint density at radius 2 is 1.75 bits per heavy atom. The molecule has 2 aromatic carbocycles. The fourth-order valence-electron chi connectivity index (χ4n) is 2.30. The van der Waals surface area contributed by atoms with Crippen molar-refractivity contribution in [3.8, 4) is 0 Å². The molecule has 3 aromatic rings. The van der Waals surface area contributed by atoms with Gasteiger partial charge in [-0.1, -0.05) is 41.6 Å². The maximum Gasteiger partial charge on any atom is 0.437 e. The first kappa shape index (κ1) is 16.3. The molecule has 1 aromatic heterocycles. The molecule has 0 aliphatic carbocycles. The highest BCUT2D eigenvalue weighted by atomic mass is 32.2. The van der Waals surface area contributed by atoms with E-state index >= 15 is 0 Å². The van der Waals surface area contributed by atoms with E-state index in [4.69, 9.17) is 0 Å². The molecule has 1 heterocycles. The smallest absolute Gasteiger partial charge is 0.337 e. The van der Waals surface area contributed by atoms with Gasteiger partial charge in [0, 0.05) is 10.9 Å². The van der Waals surface area contributed by atoms with Crippen LogP contribution in [0.5, 0.6) is 0 Å². The lowest BCUT2D eigenvalue weighted by Gasteiger charge is -2.09. The Morgan fingerprint density at radius 1 is 1.08 bits per heavy atom. The van der Waals surface area contributed by atoms with Crippen LogP contribution in [0.25, 0.3) is 10.8 Å². The van der Waals surface area contributed by atoms with Gasteiger partial charge in [-0.25, -0.2) is 13.1 Å². The van der Waals surface area contributed by atoms with Gasteiger partial charge >= 0.3 is 6.18 Å². The van der Waals surface area contributed by atoms with Crippen LogP contribution in [0.1, 0.15) is 11.3 Å². The second-order valence-electron chi connectivity index (χ2n) is 5.07. The summed E-state index contributed by atoms with van der Waals surface area (Å²) in [6.45, 7) is 1.08. The summed E-state index contributed by atoms with van der Waals surface area (Å²) in [4.78, 5) is -0.0649. The number of hydrogen-bond acceptors (Lipinski definition) is 4. The predicted molar refractivity (Wildman–Crippen MR) is 81.0 cm³/mol. The summed E-state index contributed by atoms with van der Waals surface area (Å²) in [6.07, 6.45) is -4.73. The van der Waals surface area contributed by atoms with Crippen LogP contribution in [0.4, 0.5) is 19.1 Å². The van der Waals surface area contributed by atoms with Crippen molar-refractivity contribution in [3.05, 3.63) is 53.7 Å². The molecule has 24 heavy (non-hydrogen) atoms. The summed E-state index contributed by atoms with van der Waals surface area (Å²) >= 11 is 0. The van der Waals surface area contributed by atoms with Crippen molar-refractivity contribution in [1.82, 2.24) is 5.16 Å². The zero-order valence-electron chi connectivity index (χ0n) is 12.3. The number of nitrogens with zero attached hydrogens (tertiary/aromatic N) is 1. The monoisotopic (exact) mass is 356 g/mol. The Balaban J connectivity index is 2.05. The maximum absolute atomic E-state index is 12.7. The molecule has 0 fully saturated rings. The van der Waals surface area contributed by atoms with Crippen LogP contribution in [-0.4, -0.2) is 13.6 Å². The van der Waals surface area contributed by atoms with Gasteiger partial charge in [0.1, 0.15) is 0 Å². The first-order valence-corrected chi connectivity index (χ1v) is 8.22. The minimum atomic E-state index is -4.73. The molecule has 0 unspecified atom stereocenters. The Bertz CT molecular complexity index is 1000. The molecule has 0 saturated heterocycles. The van der Waals surface area contributed by atoms with Crippen LogP contribution in [0.2, 0.25) is 0 Å². The summed E-state index contributed by atoms with van der Waals surface area (Å²) in [7, 11) is -4.15. The molecule has 126 valence electrons. The Kier molecular flexibility index (Phi) is 3.75. The number of anilines is 1. The third kappa shape index (κ3) is 2.82. The molecular weight excluding hydrogens is 345 g/mol. The maximum atomic E-state index is 12.7. The van der Waals surface area contributed by atoms with Gasteiger partial charge in [-0.2, -0.15) is 13.2 Å². The van der Waals surface area contributed by atoms with E-state index in [9.17, 15) is 21.6 Å². The predicted octanol–water partition coefficient (Wildman–Crippen LogP) is 3.96. The van der Waals surface area contributed by atoms with Crippen molar-refractivity contribution in [3.63, 3.8) is 0 Å². The lowest BCUT2D eigenvalue weighted by atomic mass is 10.1. The van der Waals surface area contributed by atoms with Crippen molar-refractivity contribution in [2.45, 2.75) is 18.0 Å². The number of hydrogen-bond donors (Lipinski definition) is 1. The van der Waals surface area contributed by atoms with E-state index in [1.807, 2.05) is 4.72 Å². The fraction of sp³-hybridized carbons (Fsp3) is 0.133. The van der Waals surface area contributed by atoms with Crippen LogP contribution < -0.4 is 4.72 Å². The number of fused-ring (bicyclic) bond motifs is 1. The molecule has 1 N–H and O–H groups in total. The van der Waals surface area contributed by atoms with Gasteiger partial charge in [0.05, 0.1) is 4.90 Å². The van der Waals surface area contributed by atoms with Crippen molar-refractivity contribution in [2.24, 2.45) is 0 Å². The topological polar surface area (TPSA) is 72.2 Å². The second-order valence-corrected chi connectivity index (χ2v) is 6.72. The molecule has 5 nitrogen and oxygen atoms in total. The lowest BCUT2D eigenvalue weighted by molar-refractivity contribution is -0.143. The zero-order chi connectivity index (χ0) is 17.5. The summed E-state index contributed by atoms with van der Waals surface area (Å²) in [5, 5.41) is 4.03. The number of nitrogens with one attached hydrogen (secondary N) is 1. The van der Waals surface area contributed by atoms with Crippen LogP contribution in [0.15, 0.2) is 51.9 Å². The molecule has 0 atom stereocenters. The van der Waals surface area contributed by atoms with Gasteiger partial charge in [-0.3, -0.25) is 0 Å². The van der Waals surface area contributed by atoms with Gasteiger partial charge in [-0.05, 0) is 18.4 Å².